The molecule has 0 bridgehead atoms. The summed E-state index contributed by atoms with van der Waals surface area (Å²) in [7, 11) is -2.63. The topological polar surface area (TPSA) is 195 Å². The Morgan fingerprint density at radius 2 is 0.624 bits per heavy atom. The SMILES string of the molecule is CCc1cc(C(=O)OC)ccc1-c1ncncc1F.CCc1cc(C(=O)OC)ccc1B1OC(C)(C)C(C)(C)O1.Fc1cncnc1Cl.O=[P+]([O-])O[O-].[K+].[K][K].[Pd].c1ccc(P(c2ccccc2)c2ccccc2)cc1.c1ccc(P(c2ccccc2)c2ccccc2)cc1.c1ccc(P(c2ccccc2)c2ccccc2)cc1.c1ccc(P(c2ccccc2)c2ccccc2)cc1. The number of halogens is 3. The van der Waals surface area contributed by atoms with Crippen LogP contribution in [0.3, 0.4) is 0 Å². The van der Waals surface area contributed by atoms with Crippen molar-refractivity contribution in [3.63, 3.8) is 0 Å². The van der Waals surface area contributed by atoms with E-state index in [1.165, 1.54) is 154 Å². The second-order valence-corrected chi connectivity index (χ2v) is 38.9. The third-order valence-electron chi connectivity index (χ3n) is 20.1. The van der Waals surface area contributed by atoms with E-state index in [-0.39, 0.29) is 99.8 Å². The van der Waals surface area contributed by atoms with Crippen molar-refractivity contribution in [2.45, 2.75) is 65.6 Å². The van der Waals surface area contributed by atoms with Crippen molar-refractivity contribution in [1.82, 2.24) is 19.9 Å². The van der Waals surface area contributed by atoms with Crippen LogP contribution < -0.4 is 131 Å². The Balaban J connectivity index is 0.000000211. The van der Waals surface area contributed by atoms with Crippen molar-refractivity contribution in [2.75, 3.05) is 14.2 Å². The quantitative estimate of drug-likeness (QED) is 0.0185. The number of rotatable bonds is 19. The first-order valence-corrected chi connectivity index (χ1v) is 65.2. The van der Waals surface area contributed by atoms with Gasteiger partial charge in [-0.05, 0) is 181 Å². The summed E-state index contributed by atoms with van der Waals surface area (Å²) in [6.07, 6.45) is 6.07. The molecule has 2 aromatic heterocycles. The molecule has 1 saturated heterocycles. The van der Waals surface area contributed by atoms with Crippen molar-refractivity contribution >= 4 is 203 Å². The summed E-state index contributed by atoms with van der Waals surface area (Å²) >= 11 is 7.68. The van der Waals surface area contributed by atoms with Gasteiger partial charge in [0.2, 0.25) is 0 Å². The van der Waals surface area contributed by atoms with Gasteiger partial charge in [0.05, 0.1) is 48.9 Å². The fourth-order valence-corrected chi connectivity index (χ4v) is 22.6. The normalized spacial score (nSPS) is 11.6. The predicted molar refractivity (Wildman–Crippen MR) is 539 cm³/mol. The van der Waals surface area contributed by atoms with Crippen molar-refractivity contribution in [3.05, 3.63) is 464 Å². The second-order valence-electron chi connectivity index (χ2n) is 29.1. The van der Waals surface area contributed by atoms with E-state index < -0.39 is 64.7 Å². The minimum absolute atomic E-state index is 0. The van der Waals surface area contributed by atoms with Crippen LogP contribution in [0.15, 0.2) is 425 Å². The Morgan fingerprint density at radius 3 is 0.827 bits per heavy atom. The summed E-state index contributed by atoms with van der Waals surface area (Å²) in [6.45, 7) is 12.1. The molecular formula is C106H98BClF2K3N4O10P5Pd. The number of ether oxygens (including phenoxy) is 2. The van der Waals surface area contributed by atoms with Gasteiger partial charge < -0.3 is 28.9 Å². The number of carbonyl (C=O) groups is 2. The molecule has 1 unspecified atom stereocenters. The minimum atomic E-state index is -3.15. The number of benzene rings is 14. The van der Waals surface area contributed by atoms with Gasteiger partial charge in [-0.15, -0.1) is 0 Å². The van der Waals surface area contributed by atoms with Gasteiger partial charge >= 0.3 is 142 Å². The van der Waals surface area contributed by atoms with Gasteiger partial charge in [-0.25, -0.2) is 43.0 Å². The second kappa shape index (κ2) is 62.5. The number of aryl methyl sites for hydroxylation is 2. The van der Waals surface area contributed by atoms with Crippen LogP contribution in [0.25, 0.3) is 11.3 Å². The third-order valence-corrected chi connectivity index (χ3v) is 30.3. The van der Waals surface area contributed by atoms with Crippen molar-refractivity contribution in [3.8, 4) is 11.3 Å². The molecule has 0 saturated carbocycles. The molecule has 0 amide bonds. The third kappa shape index (κ3) is 36.1. The van der Waals surface area contributed by atoms with Crippen molar-refractivity contribution in [2.24, 2.45) is 0 Å². The number of hydrogen-bond donors (Lipinski definition) is 0. The average Bonchev–Trinajstić information content (AvgIpc) is 1.61. The monoisotopic (exact) mass is 2050 g/mol. The maximum Gasteiger partial charge on any atom is 0 e. The van der Waals surface area contributed by atoms with Crippen LogP contribution >= 0.6 is 51.5 Å². The molecule has 1 aliphatic rings. The van der Waals surface area contributed by atoms with Crippen molar-refractivity contribution < 1.29 is 128 Å². The van der Waals surface area contributed by atoms with E-state index in [1.807, 2.05) is 53.7 Å². The van der Waals surface area contributed by atoms with Crippen molar-refractivity contribution in [1.29, 1.82) is 0 Å². The average molecular weight is 2050 g/mol. The number of nitrogens with zero attached hydrogens (tertiary/aromatic N) is 4. The fourth-order valence-electron chi connectivity index (χ4n) is 13.2. The summed E-state index contributed by atoms with van der Waals surface area (Å²) in [5.74, 6) is -1.81. The van der Waals surface area contributed by atoms with Gasteiger partial charge in [0, 0.05) is 26.0 Å². The van der Waals surface area contributed by atoms with Crippen LogP contribution in [-0.2, 0) is 61.3 Å². The summed E-state index contributed by atoms with van der Waals surface area (Å²) in [5, 5.41) is 25.2. The molecule has 16 aromatic rings. The van der Waals surface area contributed by atoms with E-state index in [4.69, 9.17) is 40.4 Å². The standard InChI is InChI=1S/4C18H15P.C16H23BO4.C14H13FN2O2.C4H2ClFN2.3K.HO4P.Pd/c4*1-4-10-16(11-5-1)19(17-12-6-2-7-13-17)18-14-8-3-9-15-18;1-7-11-10-12(14(18)19-6)8-9-13(11)17-20-15(2,3)16(4,5)21-17;1-3-9-6-10(14(18)19-2)4-5-11(9)13-12(15)7-16-8-17-13;5-4-3(6)1-7-2-8-4;;;;1-4-5(2)3;/h4*1-15H;8-10H,7H2,1-6H3;4-8H,3H2,1-2H3;1-2H;;;;1H;/q;;;;;;;;;+1;;/p-1. The Labute approximate surface area is 893 Å². The van der Waals surface area contributed by atoms with E-state index >= 15 is 0 Å². The Kier molecular flexibility index (Phi) is 53.4. The molecule has 0 N–H and O–H groups in total. The summed E-state index contributed by atoms with van der Waals surface area (Å²) in [5.41, 5.74) is 4.00. The smallest absolute Gasteiger partial charge is 0 e. The van der Waals surface area contributed by atoms with Crippen LogP contribution in [-0.4, -0.2) is 128 Å². The number of carbonyl (C=O) groups excluding carboxylic acids is 2. The van der Waals surface area contributed by atoms with E-state index in [0.717, 1.165) is 35.4 Å². The van der Waals surface area contributed by atoms with E-state index in [1.54, 1.807) is 24.3 Å². The maximum atomic E-state index is 13.7. The van der Waals surface area contributed by atoms with Gasteiger partial charge in [0.1, 0.15) is 18.3 Å². The van der Waals surface area contributed by atoms with Crippen LogP contribution in [0.5, 0.6) is 0 Å². The molecule has 1 atom stereocenters. The zero-order valence-corrected chi connectivity index (χ0v) is 92.1. The molecule has 14 nitrogen and oxygen atoms in total. The molecule has 133 heavy (non-hydrogen) atoms. The first-order valence-electron chi connectivity index (χ1n) is 42.4. The van der Waals surface area contributed by atoms with E-state index in [0.29, 0.717) is 23.1 Å². The molecule has 27 heteroatoms. The summed E-state index contributed by atoms with van der Waals surface area (Å²) in [6, 6.07) is 140. The largest absolute Gasteiger partial charge is 0.0622 e. The number of methoxy groups -OCH3 is 2. The van der Waals surface area contributed by atoms with Gasteiger partial charge in [-0.1, -0.05) is 402 Å². The molecule has 3 heterocycles. The molecule has 0 radical (unpaired) electrons. The number of aromatic nitrogens is 4. The fraction of sp³-hybridized carbons (Fsp3) is 0.113. The van der Waals surface area contributed by atoms with Crippen LogP contribution in [0.1, 0.15) is 73.4 Å². The van der Waals surface area contributed by atoms with Crippen LogP contribution in [0.4, 0.5) is 8.78 Å². The van der Waals surface area contributed by atoms with Crippen LogP contribution in [0.2, 0.25) is 5.15 Å². The molecule has 14 aromatic carbocycles. The molecule has 17 rings (SSSR count). The zero-order chi connectivity index (χ0) is 93.6. The number of esters is 2. The zero-order valence-electron chi connectivity index (χ0n) is 76.0. The first-order chi connectivity index (χ1) is 63.8. The minimum Gasteiger partial charge on any atom is -0.0622 e. The molecule has 0 aliphatic carbocycles. The summed E-state index contributed by atoms with van der Waals surface area (Å²) < 4.78 is 58.7. The predicted octanol–water partition coefficient (Wildman–Crippen LogP) is 14.6. The maximum absolute atomic E-state index is 13.7. The van der Waals surface area contributed by atoms with Gasteiger partial charge in [0.15, 0.2) is 16.8 Å². The molecule has 1 aliphatic heterocycles. The van der Waals surface area contributed by atoms with Gasteiger partial charge in [-0.3, -0.25) is 0 Å². The first kappa shape index (κ1) is 114. The Hall–Kier alpha value is -6.41. The Bertz CT molecular complexity index is 5160. The Morgan fingerprint density at radius 1 is 0.398 bits per heavy atom. The van der Waals surface area contributed by atoms with Crippen LogP contribution in [0, 0.1) is 11.6 Å². The van der Waals surface area contributed by atoms with E-state index in [2.05, 4.69) is 393 Å². The van der Waals surface area contributed by atoms with E-state index in [9.17, 15) is 18.4 Å². The molecule has 664 valence electrons. The summed E-state index contributed by atoms with van der Waals surface area (Å²) in [4.78, 5) is 46.3. The molecule has 1 fully saturated rings. The van der Waals surface area contributed by atoms with Gasteiger partial charge in [0.25, 0.3) is 0 Å². The molecular weight excluding hydrogens is 1950 g/mol. The molecule has 0 spiro atoms. The number of hydrogen-bond acceptors (Lipinski definition) is 14. The van der Waals surface area contributed by atoms with Gasteiger partial charge in [-0.2, -0.15) is 0 Å².